The first-order valence-corrected chi connectivity index (χ1v) is 5.36. The second kappa shape index (κ2) is 4.40. The zero-order valence-corrected chi connectivity index (χ0v) is 9.81. The molecule has 1 aromatic carbocycles. The van der Waals surface area contributed by atoms with Crippen molar-refractivity contribution in [2.45, 2.75) is 0 Å². The largest absolute Gasteiger partial charge is 0.263 e. The van der Waals surface area contributed by atoms with E-state index < -0.39 is 0 Å². The molecule has 0 spiro atoms. The third-order valence-corrected chi connectivity index (χ3v) is 2.72. The van der Waals surface area contributed by atoms with Gasteiger partial charge in [0.05, 0.1) is 5.02 Å². The minimum Gasteiger partial charge on any atom is -0.263 e. The Morgan fingerprint density at radius 1 is 0.867 bits per heavy atom. The number of nitrogens with zero attached hydrogens (tertiary/aromatic N) is 1. The summed E-state index contributed by atoms with van der Waals surface area (Å²) in [7, 11) is 0. The maximum atomic E-state index is 6.05. The van der Waals surface area contributed by atoms with Crippen LogP contribution in [-0.4, -0.2) is 4.98 Å². The lowest BCUT2D eigenvalue weighted by Gasteiger charge is -2.04. The first-order valence-electron chi connectivity index (χ1n) is 4.23. The van der Waals surface area contributed by atoms with Crippen LogP contribution in [0.4, 0.5) is 0 Å². The summed E-state index contributed by atoms with van der Waals surface area (Å²) in [6, 6.07) is 7.08. The molecule has 0 unspecified atom stereocenters. The van der Waals surface area contributed by atoms with Gasteiger partial charge in [-0.2, -0.15) is 0 Å². The number of hydrogen-bond acceptors (Lipinski definition) is 1. The molecule has 2 rings (SSSR count). The third kappa shape index (κ3) is 2.43. The second-order valence-electron chi connectivity index (χ2n) is 3.02. The monoisotopic (exact) mass is 257 g/mol. The molecular weight excluding hydrogens is 252 g/mol. The zero-order valence-electron chi connectivity index (χ0n) is 7.55. The highest BCUT2D eigenvalue weighted by molar-refractivity contribution is 6.35. The highest BCUT2D eigenvalue weighted by Crippen LogP contribution is 2.31. The van der Waals surface area contributed by atoms with Crippen molar-refractivity contribution in [1.82, 2.24) is 4.98 Å². The van der Waals surface area contributed by atoms with Gasteiger partial charge in [0.25, 0.3) is 0 Å². The number of benzene rings is 1. The van der Waals surface area contributed by atoms with Crippen LogP contribution in [0.5, 0.6) is 0 Å². The van der Waals surface area contributed by atoms with E-state index in [1.54, 1.807) is 36.7 Å². The molecule has 0 amide bonds. The summed E-state index contributed by atoms with van der Waals surface area (Å²) in [4.78, 5) is 4.00. The average Bonchev–Trinajstić information content (AvgIpc) is 2.22. The fourth-order valence-electron chi connectivity index (χ4n) is 1.28. The summed E-state index contributed by atoms with van der Waals surface area (Å²) in [6.07, 6.45) is 3.27. The van der Waals surface area contributed by atoms with Crippen LogP contribution in [0.2, 0.25) is 15.1 Å². The molecule has 0 aliphatic heterocycles. The van der Waals surface area contributed by atoms with Crippen molar-refractivity contribution in [3.05, 3.63) is 51.7 Å². The van der Waals surface area contributed by atoms with Crippen molar-refractivity contribution >= 4 is 34.8 Å². The maximum absolute atomic E-state index is 6.05. The molecule has 0 aliphatic carbocycles. The van der Waals surface area contributed by atoms with Gasteiger partial charge in [-0.25, -0.2) is 0 Å². The molecule has 1 heterocycles. The Kier molecular flexibility index (Phi) is 3.15. The van der Waals surface area contributed by atoms with Gasteiger partial charge in [-0.15, -0.1) is 0 Å². The van der Waals surface area contributed by atoms with Crippen LogP contribution in [0, 0.1) is 0 Å². The smallest absolute Gasteiger partial charge is 0.0595 e. The fourth-order valence-corrected chi connectivity index (χ4v) is 1.85. The van der Waals surface area contributed by atoms with E-state index in [1.807, 2.05) is 0 Å². The van der Waals surface area contributed by atoms with Crippen LogP contribution in [0.1, 0.15) is 0 Å². The Balaban J connectivity index is 2.58. The molecule has 0 radical (unpaired) electrons. The van der Waals surface area contributed by atoms with E-state index >= 15 is 0 Å². The highest BCUT2D eigenvalue weighted by Gasteiger charge is 2.05. The quantitative estimate of drug-likeness (QED) is 0.722. The van der Waals surface area contributed by atoms with Gasteiger partial charge in [-0.05, 0) is 24.3 Å². The van der Waals surface area contributed by atoms with Crippen molar-refractivity contribution in [2.24, 2.45) is 0 Å². The van der Waals surface area contributed by atoms with Gasteiger partial charge in [0.15, 0.2) is 0 Å². The summed E-state index contributed by atoms with van der Waals surface area (Å²) in [5, 5.41) is 1.83. The summed E-state index contributed by atoms with van der Waals surface area (Å²) < 4.78 is 0. The topological polar surface area (TPSA) is 12.9 Å². The van der Waals surface area contributed by atoms with Crippen molar-refractivity contribution in [3.8, 4) is 11.1 Å². The van der Waals surface area contributed by atoms with Crippen LogP contribution in [0.15, 0.2) is 36.7 Å². The molecule has 0 atom stereocenters. The predicted octanol–water partition coefficient (Wildman–Crippen LogP) is 4.71. The fraction of sp³-hybridized carbons (Fsp3) is 0. The van der Waals surface area contributed by atoms with Crippen molar-refractivity contribution in [2.75, 3.05) is 0 Å². The summed E-state index contributed by atoms with van der Waals surface area (Å²) in [5.41, 5.74) is 1.69. The molecular formula is C11H6Cl3N. The molecule has 1 nitrogen and oxygen atoms in total. The summed E-state index contributed by atoms with van der Waals surface area (Å²) in [6.45, 7) is 0. The lowest BCUT2D eigenvalue weighted by Crippen LogP contribution is -1.82. The third-order valence-electron chi connectivity index (χ3n) is 1.94. The Bertz CT molecular complexity index is 497. The molecule has 0 aliphatic rings. The molecule has 15 heavy (non-hydrogen) atoms. The van der Waals surface area contributed by atoms with E-state index in [0.717, 1.165) is 11.1 Å². The van der Waals surface area contributed by atoms with Gasteiger partial charge < -0.3 is 0 Å². The van der Waals surface area contributed by atoms with Crippen LogP contribution in [0.3, 0.4) is 0 Å². The van der Waals surface area contributed by atoms with Crippen molar-refractivity contribution in [1.29, 1.82) is 0 Å². The SMILES string of the molecule is Clc1cncc(-c2cc(Cl)ccc2Cl)c1. The first kappa shape index (κ1) is 10.7. The average molecular weight is 259 g/mol. The molecule has 76 valence electrons. The highest BCUT2D eigenvalue weighted by atomic mass is 35.5. The molecule has 2 aromatic rings. The van der Waals surface area contributed by atoms with Gasteiger partial charge >= 0.3 is 0 Å². The van der Waals surface area contributed by atoms with Gasteiger partial charge in [-0.1, -0.05) is 34.8 Å². The minimum atomic E-state index is 0.573. The number of rotatable bonds is 1. The standard InChI is InChI=1S/C11H6Cl3N/c12-8-1-2-11(14)10(4-8)7-3-9(13)6-15-5-7/h1-6H. The van der Waals surface area contributed by atoms with Gasteiger partial charge in [0, 0.05) is 33.6 Å². The van der Waals surface area contributed by atoms with Crippen LogP contribution in [0.25, 0.3) is 11.1 Å². The van der Waals surface area contributed by atoms with Crippen LogP contribution < -0.4 is 0 Å². The molecule has 0 saturated carbocycles. The number of aromatic nitrogens is 1. The lowest BCUT2D eigenvalue weighted by atomic mass is 10.1. The zero-order chi connectivity index (χ0) is 10.8. The minimum absolute atomic E-state index is 0.573. The summed E-state index contributed by atoms with van der Waals surface area (Å²) in [5.74, 6) is 0. The van der Waals surface area contributed by atoms with E-state index in [2.05, 4.69) is 4.98 Å². The van der Waals surface area contributed by atoms with E-state index in [-0.39, 0.29) is 0 Å². The molecule has 1 aromatic heterocycles. The molecule has 0 bridgehead atoms. The Labute approximate surface area is 103 Å². The van der Waals surface area contributed by atoms with Crippen LogP contribution >= 0.6 is 34.8 Å². The van der Waals surface area contributed by atoms with Crippen molar-refractivity contribution in [3.63, 3.8) is 0 Å². The summed E-state index contributed by atoms with van der Waals surface area (Å²) >= 11 is 17.8. The van der Waals surface area contributed by atoms with E-state index in [9.17, 15) is 0 Å². The van der Waals surface area contributed by atoms with E-state index in [1.165, 1.54) is 0 Å². The predicted molar refractivity (Wildman–Crippen MR) is 64.7 cm³/mol. The first-order chi connectivity index (χ1) is 7.16. The Morgan fingerprint density at radius 3 is 2.40 bits per heavy atom. The Morgan fingerprint density at radius 2 is 1.67 bits per heavy atom. The molecule has 0 fully saturated rings. The Hall–Kier alpha value is -0.760. The second-order valence-corrected chi connectivity index (χ2v) is 4.30. The number of hydrogen-bond donors (Lipinski definition) is 0. The van der Waals surface area contributed by atoms with Gasteiger partial charge in [0.2, 0.25) is 0 Å². The number of halogens is 3. The maximum Gasteiger partial charge on any atom is 0.0595 e. The molecule has 4 heteroatoms. The van der Waals surface area contributed by atoms with Crippen molar-refractivity contribution < 1.29 is 0 Å². The molecule has 0 N–H and O–H groups in total. The van der Waals surface area contributed by atoms with Gasteiger partial charge in [-0.3, -0.25) is 4.98 Å². The van der Waals surface area contributed by atoms with E-state index in [4.69, 9.17) is 34.8 Å². The lowest BCUT2D eigenvalue weighted by molar-refractivity contribution is 1.33. The van der Waals surface area contributed by atoms with Gasteiger partial charge in [0.1, 0.15) is 0 Å². The molecule has 0 saturated heterocycles. The normalized spacial score (nSPS) is 10.3. The van der Waals surface area contributed by atoms with E-state index in [0.29, 0.717) is 15.1 Å². The van der Waals surface area contributed by atoms with Crippen LogP contribution in [-0.2, 0) is 0 Å². The number of pyridine rings is 1.